The van der Waals surface area contributed by atoms with Crippen molar-refractivity contribution in [3.63, 3.8) is 0 Å². The van der Waals surface area contributed by atoms with Crippen LogP contribution in [0.5, 0.6) is 0 Å². The van der Waals surface area contributed by atoms with Crippen LogP contribution in [0.1, 0.15) is 18.9 Å². The second kappa shape index (κ2) is 7.53. The Kier molecular flexibility index (Phi) is 6.02. The van der Waals surface area contributed by atoms with Crippen molar-refractivity contribution in [2.24, 2.45) is 5.73 Å². The van der Waals surface area contributed by atoms with E-state index in [1.54, 1.807) is 6.92 Å². The van der Waals surface area contributed by atoms with E-state index in [4.69, 9.17) is 5.73 Å². The molecule has 0 bridgehead atoms. The topological polar surface area (TPSA) is 84.2 Å². The highest BCUT2D eigenvalue weighted by Crippen LogP contribution is 2.04. The van der Waals surface area contributed by atoms with Gasteiger partial charge in [0.15, 0.2) is 0 Å². The lowest BCUT2D eigenvalue weighted by molar-refractivity contribution is -0.129. The summed E-state index contributed by atoms with van der Waals surface area (Å²) in [6, 6.07) is 8.67. The lowest BCUT2D eigenvalue weighted by atomic mass is 10.1. The summed E-state index contributed by atoms with van der Waals surface area (Å²) in [5, 5.41) is 5.06. The van der Waals surface area contributed by atoms with Crippen LogP contribution in [0.15, 0.2) is 30.3 Å². The van der Waals surface area contributed by atoms with Crippen LogP contribution >= 0.6 is 0 Å². The lowest BCUT2D eigenvalue weighted by Gasteiger charge is -2.16. The third-order valence-corrected chi connectivity index (χ3v) is 2.92. The molecule has 0 spiro atoms. The number of hydrogen-bond donors (Lipinski definition) is 3. The van der Waals surface area contributed by atoms with Crippen LogP contribution in [0.25, 0.3) is 0 Å². The minimum absolute atomic E-state index is 0.233. The summed E-state index contributed by atoms with van der Waals surface area (Å²) in [4.78, 5) is 23.1. The zero-order valence-electron chi connectivity index (χ0n) is 11.3. The van der Waals surface area contributed by atoms with Crippen molar-refractivity contribution < 1.29 is 9.59 Å². The summed E-state index contributed by atoms with van der Waals surface area (Å²) >= 11 is 0. The van der Waals surface area contributed by atoms with Gasteiger partial charge in [-0.3, -0.25) is 9.59 Å². The molecule has 0 aliphatic rings. The average Bonchev–Trinajstić information content (AvgIpc) is 2.44. The first-order valence-corrected chi connectivity index (χ1v) is 6.36. The first kappa shape index (κ1) is 15.2. The van der Waals surface area contributed by atoms with Gasteiger partial charge in [-0.15, -0.1) is 0 Å². The van der Waals surface area contributed by atoms with Crippen LogP contribution in [0, 0.1) is 0 Å². The molecule has 1 aromatic carbocycles. The van der Waals surface area contributed by atoms with Crippen LogP contribution < -0.4 is 16.4 Å². The molecule has 1 rings (SSSR count). The summed E-state index contributed by atoms with van der Waals surface area (Å²) in [7, 11) is 1.53. The van der Waals surface area contributed by atoms with Crippen LogP contribution in [-0.2, 0) is 16.0 Å². The maximum Gasteiger partial charge on any atom is 0.242 e. The van der Waals surface area contributed by atoms with E-state index in [9.17, 15) is 9.59 Å². The van der Waals surface area contributed by atoms with Crippen molar-refractivity contribution >= 4 is 11.8 Å². The molecule has 5 heteroatoms. The molecular formula is C14H21N3O2. The smallest absolute Gasteiger partial charge is 0.242 e. The van der Waals surface area contributed by atoms with E-state index in [0.29, 0.717) is 6.42 Å². The van der Waals surface area contributed by atoms with E-state index in [-0.39, 0.29) is 11.8 Å². The molecule has 2 amide bonds. The Hall–Kier alpha value is -1.88. The number of hydrogen-bond acceptors (Lipinski definition) is 3. The van der Waals surface area contributed by atoms with Crippen molar-refractivity contribution in [1.29, 1.82) is 0 Å². The molecule has 0 aliphatic carbocycles. The zero-order chi connectivity index (χ0) is 14.3. The molecule has 0 saturated heterocycles. The van der Waals surface area contributed by atoms with Gasteiger partial charge < -0.3 is 16.4 Å². The van der Waals surface area contributed by atoms with Gasteiger partial charge in [-0.05, 0) is 25.3 Å². The predicted molar refractivity (Wildman–Crippen MR) is 74.4 cm³/mol. The number of carbonyl (C=O) groups is 2. The molecule has 0 radical (unpaired) electrons. The van der Waals surface area contributed by atoms with Gasteiger partial charge in [0, 0.05) is 7.05 Å². The molecule has 5 nitrogen and oxygen atoms in total. The van der Waals surface area contributed by atoms with E-state index in [1.807, 2.05) is 30.3 Å². The molecule has 1 unspecified atom stereocenters. The molecule has 0 saturated carbocycles. The standard InChI is InChI=1S/C14H21N3O2/c1-10(13(18)16-2)17-14(19)12(15)9-8-11-6-4-3-5-7-11/h3-7,10,12H,8-9,15H2,1-2H3,(H,16,18)(H,17,19)/t10?,12-/m0/s1. The molecule has 4 N–H and O–H groups in total. The van der Waals surface area contributed by atoms with Gasteiger partial charge in [-0.1, -0.05) is 30.3 Å². The lowest BCUT2D eigenvalue weighted by Crippen LogP contribution is -2.49. The second-order valence-corrected chi connectivity index (χ2v) is 4.48. The Balaban J connectivity index is 2.39. The number of nitrogens with two attached hydrogens (primary N) is 1. The average molecular weight is 263 g/mol. The molecule has 0 aromatic heterocycles. The predicted octanol–water partition coefficient (Wildman–Crippen LogP) is 0.197. The number of likely N-dealkylation sites (N-methyl/N-ethyl adjacent to an activating group) is 1. The molecule has 0 aliphatic heterocycles. The summed E-state index contributed by atoms with van der Waals surface area (Å²) in [5.74, 6) is -0.532. The fraction of sp³-hybridized carbons (Fsp3) is 0.429. The van der Waals surface area contributed by atoms with Gasteiger partial charge >= 0.3 is 0 Å². The van der Waals surface area contributed by atoms with Crippen molar-refractivity contribution in [3.05, 3.63) is 35.9 Å². The van der Waals surface area contributed by atoms with Crippen LogP contribution in [-0.4, -0.2) is 30.9 Å². The number of rotatable bonds is 6. The SMILES string of the molecule is CNC(=O)C(C)NC(=O)[C@@H](N)CCc1ccccc1. The Morgan fingerprint density at radius 2 is 1.84 bits per heavy atom. The van der Waals surface area contributed by atoms with E-state index < -0.39 is 12.1 Å². The molecule has 1 aromatic rings. The molecule has 19 heavy (non-hydrogen) atoms. The number of nitrogens with one attached hydrogen (secondary N) is 2. The van der Waals surface area contributed by atoms with E-state index in [1.165, 1.54) is 7.05 Å². The minimum atomic E-state index is -0.604. The van der Waals surface area contributed by atoms with Crippen LogP contribution in [0.3, 0.4) is 0 Å². The molecule has 104 valence electrons. The van der Waals surface area contributed by atoms with Gasteiger partial charge in [0.05, 0.1) is 6.04 Å². The maximum absolute atomic E-state index is 11.8. The van der Waals surface area contributed by atoms with Gasteiger partial charge in [-0.2, -0.15) is 0 Å². The quantitative estimate of drug-likeness (QED) is 0.685. The van der Waals surface area contributed by atoms with Gasteiger partial charge in [0.25, 0.3) is 0 Å². The molecular weight excluding hydrogens is 242 g/mol. The Labute approximate surface area is 113 Å². The van der Waals surface area contributed by atoms with Crippen molar-refractivity contribution in [1.82, 2.24) is 10.6 Å². The normalized spacial score (nSPS) is 13.4. The Morgan fingerprint density at radius 1 is 1.21 bits per heavy atom. The minimum Gasteiger partial charge on any atom is -0.357 e. The summed E-state index contributed by atoms with van der Waals surface area (Å²) in [6.45, 7) is 1.63. The first-order valence-electron chi connectivity index (χ1n) is 6.36. The highest BCUT2D eigenvalue weighted by atomic mass is 16.2. The van der Waals surface area contributed by atoms with Crippen molar-refractivity contribution in [2.75, 3.05) is 7.05 Å². The third kappa shape index (κ3) is 5.09. The largest absolute Gasteiger partial charge is 0.357 e. The van der Waals surface area contributed by atoms with Crippen LogP contribution in [0.4, 0.5) is 0 Å². The van der Waals surface area contributed by atoms with Crippen LogP contribution in [0.2, 0.25) is 0 Å². The number of benzene rings is 1. The van der Waals surface area contributed by atoms with E-state index in [0.717, 1.165) is 12.0 Å². The summed E-state index contributed by atoms with van der Waals surface area (Å²) < 4.78 is 0. The van der Waals surface area contributed by atoms with Gasteiger partial charge in [-0.25, -0.2) is 0 Å². The Morgan fingerprint density at radius 3 is 2.42 bits per heavy atom. The first-order chi connectivity index (χ1) is 9.04. The molecule has 2 atom stereocenters. The number of carbonyl (C=O) groups excluding carboxylic acids is 2. The van der Waals surface area contributed by atoms with Gasteiger partial charge in [0.1, 0.15) is 6.04 Å². The second-order valence-electron chi connectivity index (χ2n) is 4.48. The van der Waals surface area contributed by atoms with Crippen molar-refractivity contribution in [3.8, 4) is 0 Å². The fourth-order valence-electron chi connectivity index (χ4n) is 1.70. The number of aryl methyl sites for hydroxylation is 1. The van der Waals surface area contributed by atoms with E-state index >= 15 is 0 Å². The Bertz CT molecular complexity index is 420. The zero-order valence-corrected chi connectivity index (χ0v) is 11.3. The maximum atomic E-state index is 11.8. The highest BCUT2D eigenvalue weighted by Gasteiger charge is 2.18. The van der Waals surface area contributed by atoms with E-state index in [2.05, 4.69) is 10.6 Å². The van der Waals surface area contributed by atoms with Crippen molar-refractivity contribution in [2.45, 2.75) is 31.8 Å². The third-order valence-electron chi connectivity index (χ3n) is 2.92. The molecule has 0 fully saturated rings. The number of amides is 2. The molecule has 0 heterocycles. The van der Waals surface area contributed by atoms with Gasteiger partial charge in [0.2, 0.25) is 11.8 Å². The summed E-state index contributed by atoms with van der Waals surface area (Å²) in [5.41, 5.74) is 6.95. The monoisotopic (exact) mass is 263 g/mol. The highest BCUT2D eigenvalue weighted by molar-refractivity contribution is 5.89. The summed E-state index contributed by atoms with van der Waals surface area (Å²) in [6.07, 6.45) is 1.29. The fourth-order valence-corrected chi connectivity index (χ4v) is 1.70.